The summed E-state index contributed by atoms with van der Waals surface area (Å²) >= 11 is 0. The van der Waals surface area contributed by atoms with Crippen molar-refractivity contribution in [3.05, 3.63) is 58.4 Å². The molecule has 0 aliphatic carbocycles. The molecule has 1 aromatic carbocycles. The number of ether oxygens (including phenoxy) is 1. The lowest BCUT2D eigenvalue weighted by Crippen LogP contribution is -2.30. The van der Waals surface area contributed by atoms with Crippen LogP contribution in [0.2, 0.25) is 0 Å². The Morgan fingerprint density at radius 3 is 2.62 bits per heavy atom. The lowest BCUT2D eigenvalue weighted by molar-refractivity contribution is 0.400. The van der Waals surface area contributed by atoms with E-state index in [-0.39, 0.29) is 6.04 Å². The molecule has 0 spiro atoms. The highest BCUT2D eigenvalue weighted by molar-refractivity contribution is 5.50. The molecule has 0 bridgehead atoms. The van der Waals surface area contributed by atoms with Crippen molar-refractivity contribution >= 4 is 0 Å². The zero-order valence-electron chi connectivity index (χ0n) is 13.1. The van der Waals surface area contributed by atoms with Gasteiger partial charge in [-0.25, -0.2) is 5.43 Å². The van der Waals surface area contributed by atoms with Gasteiger partial charge in [-0.2, -0.15) is 0 Å². The summed E-state index contributed by atoms with van der Waals surface area (Å²) in [5.41, 5.74) is 8.63. The first-order chi connectivity index (χ1) is 10.1. The predicted molar refractivity (Wildman–Crippen MR) is 85.2 cm³/mol. The summed E-state index contributed by atoms with van der Waals surface area (Å²) in [4.78, 5) is 4.20. The summed E-state index contributed by atoms with van der Waals surface area (Å²) in [6, 6.07) is 6.07. The molecule has 0 aliphatic rings. The van der Waals surface area contributed by atoms with Crippen molar-refractivity contribution in [3.8, 4) is 5.75 Å². The van der Waals surface area contributed by atoms with Crippen LogP contribution in [-0.2, 0) is 6.42 Å². The lowest BCUT2D eigenvalue weighted by Gasteiger charge is -2.23. The molecule has 0 saturated heterocycles. The fourth-order valence-electron chi connectivity index (χ4n) is 2.67. The Morgan fingerprint density at radius 1 is 1.24 bits per heavy atom. The number of hydrogen-bond donors (Lipinski definition) is 2. The standard InChI is InChI=1S/C17H23N3O/c1-5-13-10-19-9-8-14(13)16(20-18)15-7-6-11(2)12(3)17(15)21-4/h6-10,16,20H,5,18H2,1-4H3. The number of nitrogens with one attached hydrogen (secondary N) is 1. The Bertz CT molecular complexity index is 625. The number of hydrogen-bond acceptors (Lipinski definition) is 4. The Morgan fingerprint density at radius 2 is 2.00 bits per heavy atom. The second kappa shape index (κ2) is 6.70. The molecule has 1 heterocycles. The van der Waals surface area contributed by atoms with Crippen LogP contribution < -0.4 is 16.0 Å². The van der Waals surface area contributed by atoms with E-state index in [9.17, 15) is 0 Å². The Balaban J connectivity index is 2.59. The molecule has 3 N–H and O–H groups in total. The van der Waals surface area contributed by atoms with Gasteiger partial charge in [0, 0.05) is 18.0 Å². The molecule has 4 nitrogen and oxygen atoms in total. The van der Waals surface area contributed by atoms with Gasteiger partial charge >= 0.3 is 0 Å². The molecule has 112 valence electrons. The molecular weight excluding hydrogens is 262 g/mol. The minimum Gasteiger partial charge on any atom is -0.496 e. The first-order valence-corrected chi connectivity index (χ1v) is 7.17. The molecule has 1 atom stereocenters. The third-order valence-electron chi connectivity index (χ3n) is 4.02. The first kappa shape index (κ1) is 15.5. The molecule has 2 aromatic rings. The van der Waals surface area contributed by atoms with Crippen molar-refractivity contribution in [2.45, 2.75) is 33.2 Å². The highest BCUT2D eigenvalue weighted by Crippen LogP contribution is 2.34. The summed E-state index contributed by atoms with van der Waals surface area (Å²) in [7, 11) is 1.70. The van der Waals surface area contributed by atoms with E-state index in [1.165, 1.54) is 11.1 Å². The highest BCUT2D eigenvalue weighted by atomic mass is 16.5. The van der Waals surface area contributed by atoms with Gasteiger partial charge in [0.1, 0.15) is 5.75 Å². The summed E-state index contributed by atoms with van der Waals surface area (Å²) in [6.45, 7) is 6.26. The molecule has 21 heavy (non-hydrogen) atoms. The van der Waals surface area contributed by atoms with E-state index in [0.717, 1.165) is 28.9 Å². The molecule has 1 aromatic heterocycles. The van der Waals surface area contributed by atoms with Crippen LogP contribution in [0.5, 0.6) is 5.75 Å². The van der Waals surface area contributed by atoms with Crippen molar-refractivity contribution < 1.29 is 4.74 Å². The number of aromatic nitrogens is 1. The van der Waals surface area contributed by atoms with E-state index < -0.39 is 0 Å². The number of hydrazine groups is 1. The van der Waals surface area contributed by atoms with Gasteiger partial charge < -0.3 is 4.74 Å². The maximum absolute atomic E-state index is 5.85. The monoisotopic (exact) mass is 285 g/mol. The number of nitrogens with zero attached hydrogens (tertiary/aromatic N) is 1. The molecule has 0 fully saturated rings. The van der Waals surface area contributed by atoms with Crippen molar-refractivity contribution in [1.82, 2.24) is 10.4 Å². The smallest absolute Gasteiger partial charge is 0.127 e. The van der Waals surface area contributed by atoms with Crippen molar-refractivity contribution in [3.63, 3.8) is 0 Å². The zero-order valence-corrected chi connectivity index (χ0v) is 13.1. The van der Waals surface area contributed by atoms with Crippen LogP contribution in [0.4, 0.5) is 0 Å². The van der Waals surface area contributed by atoms with E-state index >= 15 is 0 Å². The number of methoxy groups -OCH3 is 1. The van der Waals surface area contributed by atoms with Gasteiger partial charge in [0.2, 0.25) is 0 Å². The SMILES string of the molecule is CCc1cnccc1C(NN)c1ccc(C)c(C)c1OC. The maximum Gasteiger partial charge on any atom is 0.127 e. The van der Waals surface area contributed by atoms with Crippen molar-refractivity contribution in [1.29, 1.82) is 0 Å². The van der Waals surface area contributed by atoms with E-state index in [0.29, 0.717) is 0 Å². The van der Waals surface area contributed by atoms with Gasteiger partial charge in [-0.05, 0) is 48.6 Å². The van der Waals surface area contributed by atoms with Crippen LogP contribution in [0.3, 0.4) is 0 Å². The predicted octanol–water partition coefficient (Wildman–Crippen LogP) is 2.82. The van der Waals surface area contributed by atoms with Crippen LogP contribution in [-0.4, -0.2) is 12.1 Å². The molecule has 1 unspecified atom stereocenters. The van der Waals surface area contributed by atoms with E-state index in [1.54, 1.807) is 13.3 Å². The summed E-state index contributed by atoms with van der Waals surface area (Å²) in [5.74, 6) is 6.73. The summed E-state index contributed by atoms with van der Waals surface area (Å²) < 4.78 is 5.62. The first-order valence-electron chi connectivity index (χ1n) is 7.17. The molecule has 0 amide bonds. The van der Waals surface area contributed by atoms with Crippen LogP contribution in [0.15, 0.2) is 30.6 Å². The quantitative estimate of drug-likeness (QED) is 0.655. The summed E-state index contributed by atoms with van der Waals surface area (Å²) in [5, 5.41) is 0. The fraction of sp³-hybridized carbons (Fsp3) is 0.353. The minimum absolute atomic E-state index is 0.114. The number of aryl methyl sites for hydroxylation is 2. The number of pyridine rings is 1. The maximum atomic E-state index is 5.85. The Labute approximate surface area is 126 Å². The normalized spacial score (nSPS) is 12.2. The van der Waals surface area contributed by atoms with Crippen LogP contribution in [0.25, 0.3) is 0 Å². The van der Waals surface area contributed by atoms with Gasteiger partial charge in [-0.3, -0.25) is 10.8 Å². The third kappa shape index (κ3) is 2.91. The van der Waals surface area contributed by atoms with Gasteiger partial charge in [-0.1, -0.05) is 19.1 Å². The van der Waals surface area contributed by atoms with Gasteiger partial charge in [0.25, 0.3) is 0 Å². The largest absolute Gasteiger partial charge is 0.496 e. The topological polar surface area (TPSA) is 60.2 Å². The average molecular weight is 285 g/mol. The number of nitrogens with two attached hydrogens (primary N) is 1. The Hall–Kier alpha value is -1.91. The molecule has 0 saturated carbocycles. The third-order valence-corrected chi connectivity index (χ3v) is 4.02. The van der Waals surface area contributed by atoms with E-state index in [1.807, 2.05) is 12.3 Å². The Kier molecular flexibility index (Phi) is 4.94. The molecular formula is C17H23N3O. The highest BCUT2D eigenvalue weighted by Gasteiger charge is 2.21. The lowest BCUT2D eigenvalue weighted by atomic mass is 9.92. The minimum atomic E-state index is -0.114. The molecule has 2 rings (SSSR count). The zero-order chi connectivity index (χ0) is 15.4. The number of benzene rings is 1. The van der Waals surface area contributed by atoms with Crippen molar-refractivity contribution in [2.24, 2.45) is 5.84 Å². The average Bonchev–Trinajstić information content (AvgIpc) is 2.52. The number of rotatable bonds is 5. The van der Waals surface area contributed by atoms with E-state index in [2.05, 4.69) is 43.3 Å². The summed E-state index contributed by atoms with van der Waals surface area (Å²) in [6.07, 6.45) is 4.61. The van der Waals surface area contributed by atoms with Gasteiger partial charge in [0.05, 0.1) is 13.2 Å². The second-order valence-electron chi connectivity index (χ2n) is 5.16. The van der Waals surface area contributed by atoms with Crippen molar-refractivity contribution in [2.75, 3.05) is 7.11 Å². The van der Waals surface area contributed by atoms with Gasteiger partial charge in [-0.15, -0.1) is 0 Å². The molecule has 0 radical (unpaired) electrons. The molecule has 4 heteroatoms. The fourth-order valence-corrected chi connectivity index (χ4v) is 2.67. The van der Waals surface area contributed by atoms with Crippen LogP contribution >= 0.6 is 0 Å². The molecule has 0 aliphatic heterocycles. The van der Waals surface area contributed by atoms with E-state index in [4.69, 9.17) is 10.6 Å². The second-order valence-corrected chi connectivity index (χ2v) is 5.16. The van der Waals surface area contributed by atoms with Crippen LogP contribution in [0, 0.1) is 13.8 Å². The van der Waals surface area contributed by atoms with Gasteiger partial charge in [0.15, 0.2) is 0 Å². The van der Waals surface area contributed by atoms with Crippen LogP contribution in [0.1, 0.15) is 40.8 Å².